The van der Waals surface area contributed by atoms with Crippen molar-refractivity contribution >= 4 is 5.97 Å². The molecule has 0 aromatic carbocycles. The minimum Gasteiger partial charge on any atom is -0.481 e. The molecule has 18 heavy (non-hydrogen) atoms. The predicted molar refractivity (Wildman–Crippen MR) is 76.8 cm³/mol. The van der Waals surface area contributed by atoms with Crippen molar-refractivity contribution in [3.05, 3.63) is 0 Å². The van der Waals surface area contributed by atoms with E-state index in [0.29, 0.717) is 12.0 Å². The number of nitrogens with one attached hydrogen (secondary N) is 1. The van der Waals surface area contributed by atoms with Crippen LogP contribution in [0.4, 0.5) is 0 Å². The van der Waals surface area contributed by atoms with Gasteiger partial charge in [-0.05, 0) is 43.6 Å². The second-order valence-corrected chi connectivity index (χ2v) is 6.25. The molecule has 1 atom stereocenters. The van der Waals surface area contributed by atoms with Gasteiger partial charge in [-0.15, -0.1) is 0 Å². The fourth-order valence-electron chi connectivity index (χ4n) is 2.35. The predicted octanol–water partition coefficient (Wildman–Crippen LogP) is 3.68. The third kappa shape index (κ3) is 7.70. The van der Waals surface area contributed by atoms with Gasteiger partial charge in [-0.1, -0.05) is 34.6 Å². The van der Waals surface area contributed by atoms with E-state index < -0.39 is 5.97 Å². The van der Waals surface area contributed by atoms with Crippen LogP contribution >= 0.6 is 0 Å². The van der Waals surface area contributed by atoms with Crippen LogP contribution in [-0.4, -0.2) is 23.7 Å². The largest absolute Gasteiger partial charge is 0.481 e. The van der Waals surface area contributed by atoms with Crippen LogP contribution in [0.1, 0.15) is 66.7 Å². The molecule has 0 fully saturated rings. The van der Waals surface area contributed by atoms with Gasteiger partial charge in [0.1, 0.15) is 0 Å². The monoisotopic (exact) mass is 257 g/mol. The Labute approximate surface area is 112 Å². The van der Waals surface area contributed by atoms with Gasteiger partial charge in [0.15, 0.2) is 0 Å². The molecule has 0 aliphatic carbocycles. The molecule has 0 spiro atoms. The molecule has 0 aromatic rings. The number of hydrogen-bond acceptors (Lipinski definition) is 2. The smallest absolute Gasteiger partial charge is 0.303 e. The fraction of sp³-hybridized carbons (Fsp3) is 0.933. The van der Waals surface area contributed by atoms with Crippen molar-refractivity contribution in [1.82, 2.24) is 5.32 Å². The van der Waals surface area contributed by atoms with Crippen LogP contribution in [-0.2, 0) is 4.79 Å². The van der Waals surface area contributed by atoms with Gasteiger partial charge in [-0.3, -0.25) is 4.79 Å². The van der Waals surface area contributed by atoms with Crippen LogP contribution in [0.25, 0.3) is 0 Å². The quantitative estimate of drug-likeness (QED) is 0.662. The van der Waals surface area contributed by atoms with Gasteiger partial charge in [-0.2, -0.15) is 0 Å². The van der Waals surface area contributed by atoms with Crippen molar-refractivity contribution in [2.75, 3.05) is 6.54 Å². The zero-order chi connectivity index (χ0) is 14.2. The van der Waals surface area contributed by atoms with Gasteiger partial charge in [0.2, 0.25) is 0 Å². The molecule has 0 heterocycles. The Balaban J connectivity index is 4.13. The number of carboxylic acid groups (broad SMARTS) is 1. The van der Waals surface area contributed by atoms with Gasteiger partial charge >= 0.3 is 5.97 Å². The molecule has 108 valence electrons. The molecule has 0 radical (unpaired) electrons. The van der Waals surface area contributed by atoms with E-state index in [0.717, 1.165) is 32.2 Å². The number of carbonyl (C=O) groups is 1. The molecule has 3 heteroatoms. The summed E-state index contributed by atoms with van der Waals surface area (Å²) >= 11 is 0. The van der Waals surface area contributed by atoms with Crippen LogP contribution in [0.5, 0.6) is 0 Å². The third-order valence-electron chi connectivity index (χ3n) is 3.84. The molecule has 2 N–H and O–H groups in total. The Morgan fingerprint density at radius 2 is 1.72 bits per heavy atom. The lowest BCUT2D eigenvalue weighted by molar-refractivity contribution is -0.137. The maximum atomic E-state index is 10.7. The van der Waals surface area contributed by atoms with E-state index in [9.17, 15) is 4.79 Å². The molecule has 0 saturated carbocycles. The zero-order valence-corrected chi connectivity index (χ0v) is 12.8. The van der Waals surface area contributed by atoms with Crippen LogP contribution in [0.15, 0.2) is 0 Å². The van der Waals surface area contributed by atoms with Crippen molar-refractivity contribution in [2.24, 2.45) is 11.3 Å². The van der Waals surface area contributed by atoms with Crippen molar-refractivity contribution in [3.8, 4) is 0 Å². The lowest BCUT2D eigenvalue weighted by Gasteiger charge is -2.31. The van der Waals surface area contributed by atoms with E-state index in [1.807, 2.05) is 0 Å². The van der Waals surface area contributed by atoms with E-state index in [-0.39, 0.29) is 11.8 Å². The first kappa shape index (κ1) is 17.4. The summed E-state index contributed by atoms with van der Waals surface area (Å²) in [6.45, 7) is 12.0. The number of aliphatic carboxylic acids is 1. The van der Waals surface area contributed by atoms with Gasteiger partial charge in [0.25, 0.3) is 0 Å². The Morgan fingerprint density at radius 3 is 2.11 bits per heavy atom. The average Bonchev–Trinajstić information content (AvgIpc) is 2.26. The number of carboxylic acids is 1. The lowest BCUT2D eigenvalue weighted by atomic mass is 9.76. The molecule has 0 rings (SSSR count). The minimum atomic E-state index is -0.683. The standard InChI is InChI=1S/C15H31NO2/c1-6-13(7-2)16-11-10-12(15(3,4)5)8-9-14(17)18/h12-13,16H,6-11H2,1-5H3,(H,17,18). The maximum absolute atomic E-state index is 10.7. The molecule has 0 aliphatic heterocycles. The van der Waals surface area contributed by atoms with Crippen molar-refractivity contribution in [3.63, 3.8) is 0 Å². The normalized spacial score (nSPS) is 13.9. The maximum Gasteiger partial charge on any atom is 0.303 e. The third-order valence-corrected chi connectivity index (χ3v) is 3.84. The highest BCUT2D eigenvalue weighted by Crippen LogP contribution is 2.32. The lowest BCUT2D eigenvalue weighted by Crippen LogP contribution is -2.32. The van der Waals surface area contributed by atoms with Gasteiger partial charge in [-0.25, -0.2) is 0 Å². The summed E-state index contributed by atoms with van der Waals surface area (Å²) in [5, 5.41) is 12.4. The first-order chi connectivity index (χ1) is 8.31. The average molecular weight is 257 g/mol. The fourth-order valence-corrected chi connectivity index (χ4v) is 2.35. The summed E-state index contributed by atoms with van der Waals surface area (Å²) < 4.78 is 0. The highest BCUT2D eigenvalue weighted by Gasteiger charge is 2.24. The molecular formula is C15H31NO2. The van der Waals surface area contributed by atoms with Crippen LogP contribution < -0.4 is 5.32 Å². The van der Waals surface area contributed by atoms with Crippen molar-refractivity contribution in [1.29, 1.82) is 0 Å². The molecule has 0 bridgehead atoms. The van der Waals surface area contributed by atoms with Gasteiger partial charge < -0.3 is 10.4 Å². The minimum absolute atomic E-state index is 0.186. The first-order valence-electron chi connectivity index (χ1n) is 7.26. The molecule has 0 saturated heterocycles. The highest BCUT2D eigenvalue weighted by molar-refractivity contribution is 5.66. The highest BCUT2D eigenvalue weighted by atomic mass is 16.4. The SMILES string of the molecule is CCC(CC)NCCC(CCC(=O)O)C(C)(C)C. The topological polar surface area (TPSA) is 49.3 Å². The van der Waals surface area contributed by atoms with Crippen LogP contribution in [0, 0.1) is 11.3 Å². The Morgan fingerprint density at radius 1 is 1.17 bits per heavy atom. The zero-order valence-electron chi connectivity index (χ0n) is 12.8. The van der Waals surface area contributed by atoms with Crippen molar-refractivity contribution < 1.29 is 9.90 Å². The van der Waals surface area contributed by atoms with E-state index in [2.05, 4.69) is 39.9 Å². The Bertz CT molecular complexity index is 229. The first-order valence-corrected chi connectivity index (χ1v) is 7.26. The van der Waals surface area contributed by atoms with Crippen molar-refractivity contribution in [2.45, 2.75) is 72.8 Å². The molecule has 0 amide bonds. The summed E-state index contributed by atoms with van der Waals surface area (Å²) in [4.78, 5) is 10.7. The second-order valence-electron chi connectivity index (χ2n) is 6.25. The van der Waals surface area contributed by atoms with E-state index in [1.54, 1.807) is 0 Å². The molecule has 3 nitrogen and oxygen atoms in total. The summed E-state index contributed by atoms with van der Waals surface area (Å²) in [6.07, 6.45) is 4.45. The Hall–Kier alpha value is -0.570. The van der Waals surface area contributed by atoms with Gasteiger partial charge in [0, 0.05) is 12.5 Å². The summed E-state index contributed by atoms with van der Waals surface area (Å²) in [5.74, 6) is -0.215. The summed E-state index contributed by atoms with van der Waals surface area (Å²) in [7, 11) is 0. The van der Waals surface area contributed by atoms with E-state index in [1.165, 1.54) is 0 Å². The molecule has 0 aromatic heterocycles. The number of hydrogen-bond donors (Lipinski definition) is 2. The van der Waals surface area contributed by atoms with Crippen LogP contribution in [0.3, 0.4) is 0 Å². The van der Waals surface area contributed by atoms with Crippen LogP contribution in [0.2, 0.25) is 0 Å². The second kappa shape index (κ2) is 8.52. The van der Waals surface area contributed by atoms with E-state index >= 15 is 0 Å². The number of rotatable bonds is 9. The summed E-state index contributed by atoms with van der Waals surface area (Å²) in [5.41, 5.74) is 0.186. The summed E-state index contributed by atoms with van der Waals surface area (Å²) in [6, 6.07) is 0.602. The molecule has 0 aliphatic rings. The Kier molecular flexibility index (Phi) is 8.25. The molecule has 1 unspecified atom stereocenters. The molecular weight excluding hydrogens is 226 g/mol. The van der Waals surface area contributed by atoms with E-state index in [4.69, 9.17) is 5.11 Å². The van der Waals surface area contributed by atoms with Gasteiger partial charge in [0.05, 0.1) is 0 Å².